The van der Waals surface area contributed by atoms with Gasteiger partial charge in [0.25, 0.3) is 0 Å². The molecule has 4 rings (SSSR count). The van der Waals surface area contributed by atoms with Crippen LogP contribution in [0.15, 0.2) is 58.8 Å². The van der Waals surface area contributed by atoms with E-state index in [9.17, 15) is 0 Å². The Bertz CT molecular complexity index is 1170. The van der Waals surface area contributed by atoms with Gasteiger partial charge in [-0.2, -0.15) is 0 Å². The highest BCUT2D eigenvalue weighted by atomic mass is 32.2. The maximum Gasteiger partial charge on any atom is 0.175 e. The molecule has 4 aromatic rings. The molecule has 0 bridgehead atoms. The molecule has 0 aliphatic heterocycles. The van der Waals surface area contributed by atoms with Crippen molar-refractivity contribution in [1.29, 1.82) is 0 Å². The Morgan fingerprint density at radius 2 is 1.83 bits per heavy atom. The van der Waals surface area contributed by atoms with Crippen LogP contribution < -0.4 is 15.2 Å². The Kier molecular flexibility index (Phi) is 5.76. The molecule has 154 valence electrons. The van der Waals surface area contributed by atoms with Crippen molar-refractivity contribution in [2.24, 2.45) is 0 Å². The van der Waals surface area contributed by atoms with E-state index in [2.05, 4.69) is 45.7 Å². The fourth-order valence-electron chi connectivity index (χ4n) is 3.17. The van der Waals surface area contributed by atoms with Crippen LogP contribution in [0.2, 0.25) is 0 Å². The standard InChI is InChI=1S/C22H23N5O2S/c1-14-4-6-15(7-5-14)10-11-27-21-19(20(23)24-13-25-21)26-22(27)30-18-12-16(28-2)8-9-17(18)29-3/h4-9,12-13H,10-11H2,1-3H3,(H2,23,24,25). The van der Waals surface area contributed by atoms with E-state index >= 15 is 0 Å². The molecule has 2 heterocycles. The number of aryl methyl sites for hydroxylation is 3. The third-order valence-corrected chi connectivity index (χ3v) is 5.88. The summed E-state index contributed by atoms with van der Waals surface area (Å²) in [5.41, 5.74) is 9.89. The molecule has 0 amide bonds. The van der Waals surface area contributed by atoms with Crippen LogP contribution in [0.4, 0.5) is 5.82 Å². The lowest BCUT2D eigenvalue weighted by molar-refractivity contribution is 0.394. The predicted octanol–water partition coefficient (Wildman–Crippen LogP) is 4.13. The van der Waals surface area contributed by atoms with Crippen molar-refractivity contribution in [2.75, 3.05) is 20.0 Å². The molecule has 0 aliphatic rings. The largest absolute Gasteiger partial charge is 0.497 e. The first-order valence-corrected chi connectivity index (χ1v) is 10.3. The zero-order valence-corrected chi connectivity index (χ0v) is 17.9. The van der Waals surface area contributed by atoms with Crippen molar-refractivity contribution in [1.82, 2.24) is 19.5 Å². The number of anilines is 1. The number of rotatable bonds is 7. The predicted molar refractivity (Wildman–Crippen MR) is 118 cm³/mol. The molecule has 0 aliphatic carbocycles. The van der Waals surface area contributed by atoms with E-state index in [1.54, 1.807) is 14.2 Å². The molecule has 0 fully saturated rings. The van der Waals surface area contributed by atoms with Crippen LogP contribution >= 0.6 is 11.8 Å². The van der Waals surface area contributed by atoms with E-state index in [-0.39, 0.29) is 0 Å². The van der Waals surface area contributed by atoms with Gasteiger partial charge in [-0.05, 0) is 48.9 Å². The first kappa shape index (κ1) is 20.0. The fraction of sp³-hybridized carbons (Fsp3) is 0.227. The van der Waals surface area contributed by atoms with Crippen LogP contribution in [0, 0.1) is 6.92 Å². The molecule has 0 spiro atoms. The number of aromatic nitrogens is 4. The van der Waals surface area contributed by atoms with Crippen LogP contribution in [0.25, 0.3) is 11.2 Å². The van der Waals surface area contributed by atoms with Crippen molar-refractivity contribution in [3.05, 3.63) is 59.9 Å². The van der Waals surface area contributed by atoms with Crippen LogP contribution in [-0.2, 0) is 13.0 Å². The lowest BCUT2D eigenvalue weighted by atomic mass is 10.1. The Hall–Kier alpha value is -3.26. The van der Waals surface area contributed by atoms with Gasteiger partial charge >= 0.3 is 0 Å². The number of nitrogens with two attached hydrogens (primary N) is 1. The van der Waals surface area contributed by atoms with E-state index in [4.69, 9.17) is 20.2 Å². The summed E-state index contributed by atoms with van der Waals surface area (Å²) in [5.74, 6) is 1.87. The summed E-state index contributed by atoms with van der Waals surface area (Å²) in [6.45, 7) is 2.80. The van der Waals surface area contributed by atoms with Gasteiger partial charge in [-0.15, -0.1) is 0 Å². The fourth-order valence-corrected chi connectivity index (χ4v) is 4.22. The highest BCUT2D eigenvalue weighted by molar-refractivity contribution is 7.99. The molecular formula is C22H23N5O2S. The molecule has 7 nitrogen and oxygen atoms in total. The molecule has 0 unspecified atom stereocenters. The molecule has 0 saturated carbocycles. The minimum absolute atomic E-state index is 0.369. The number of hydrogen-bond acceptors (Lipinski definition) is 7. The number of nitrogen functional groups attached to an aromatic ring is 1. The first-order valence-electron chi connectivity index (χ1n) is 9.51. The molecule has 2 aromatic heterocycles. The monoisotopic (exact) mass is 421 g/mol. The van der Waals surface area contributed by atoms with Gasteiger partial charge < -0.3 is 19.8 Å². The van der Waals surface area contributed by atoms with E-state index in [1.165, 1.54) is 29.2 Å². The Balaban J connectivity index is 1.73. The van der Waals surface area contributed by atoms with Crippen molar-refractivity contribution < 1.29 is 9.47 Å². The second-order valence-electron chi connectivity index (χ2n) is 6.83. The Morgan fingerprint density at radius 1 is 1.03 bits per heavy atom. The highest BCUT2D eigenvalue weighted by Gasteiger charge is 2.18. The summed E-state index contributed by atoms with van der Waals surface area (Å²) in [6.07, 6.45) is 2.32. The summed E-state index contributed by atoms with van der Waals surface area (Å²) in [7, 11) is 3.29. The summed E-state index contributed by atoms with van der Waals surface area (Å²) in [4.78, 5) is 14.2. The number of benzene rings is 2. The summed E-state index contributed by atoms with van der Waals surface area (Å²) in [6, 6.07) is 14.2. The zero-order valence-electron chi connectivity index (χ0n) is 17.1. The Morgan fingerprint density at radius 3 is 2.57 bits per heavy atom. The van der Waals surface area contributed by atoms with Gasteiger partial charge in [-0.3, -0.25) is 0 Å². The number of nitrogens with zero attached hydrogens (tertiary/aromatic N) is 4. The minimum Gasteiger partial charge on any atom is -0.497 e. The smallest absolute Gasteiger partial charge is 0.175 e. The van der Waals surface area contributed by atoms with Crippen molar-refractivity contribution in [3.63, 3.8) is 0 Å². The maximum atomic E-state index is 6.08. The Labute approximate surface area is 179 Å². The number of imidazole rings is 1. The summed E-state index contributed by atoms with van der Waals surface area (Å²) >= 11 is 1.49. The summed E-state index contributed by atoms with van der Waals surface area (Å²) in [5, 5.41) is 0.774. The lowest BCUT2D eigenvalue weighted by Gasteiger charge is -2.12. The second-order valence-corrected chi connectivity index (χ2v) is 7.84. The van der Waals surface area contributed by atoms with E-state index in [1.807, 2.05) is 18.2 Å². The van der Waals surface area contributed by atoms with Crippen LogP contribution in [0.1, 0.15) is 11.1 Å². The second kappa shape index (κ2) is 8.62. The average Bonchev–Trinajstić information content (AvgIpc) is 3.11. The number of hydrogen-bond donors (Lipinski definition) is 1. The van der Waals surface area contributed by atoms with Gasteiger partial charge in [0, 0.05) is 6.54 Å². The van der Waals surface area contributed by atoms with Crippen LogP contribution in [0.5, 0.6) is 11.5 Å². The average molecular weight is 422 g/mol. The summed E-state index contributed by atoms with van der Waals surface area (Å²) < 4.78 is 13.0. The number of ether oxygens (including phenoxy) is 2. The minimum atomic E-state index is 0.369. The van der Waals surface area contributed by atoms with Crippen molar-refractivity contribution in [3.8, 4) is 11.5 Å². The molecule has 2 aromatic carbocycles. The normalized spacial score (nSPS) is 11.0. The maximum absolute atomic E-state index is 6.08. The van der Waals surface area contributed by atoms with Crippen LogP contribution in [0.3, 0.4) is 0 Å². The van der Waals surface area contributed by atoms with Crippen LogP contribution in [-0.4, -0.2) is 33.7 Å². The van der Waals surface area contributed by atoms with E-state index in [0.717, 1.165) is 33.6 Å². The van der Waals surface area contributed by atoms with Gasteiger partial charge in [-0.25, -0.2) is 15.0 Å². The third-order valence-electron chi connectivity index (χ3n) is 4.84. The third kappa shape index (κ3) is 4.04. The first-order chi connectivity index (χ1) is 14.6. The van der Waals surface area contributed by atoms with E-state index in [0.29, 0.717) is 17.9 Å². The number of methoxy groups -OCH3 is 2. The molecule has 30 heavy (non-hydrogen) atoms. The highest BCUT2D eigenvalue weighted by Crippen LogP contribution is 2.38. The quantitative estimate of drug-likeness (QED) is 0.480. The van der Waals surface area contributed by atoms with Gasteiger partial charge in [-0.1, -0.05) is 29.8 Å². The molecule has 0 radical (unpaired) electrons. The molecule has 2 N–H and O–H groups in total. The topological polar surface area (TPSA) is 88.1 Å². The number of fused-ring (bicyclic) bond motifs is 1. The van der Waals surface area contributed by atoms with Gasteiger partial charge in [0.05, 0.1) is 19.1 Å². The van der Waals surface area contributed by atoms with Crippen molar-refractivity contribution in [2.45, 2.75) is 29.9 Å². The molecule has 8 heteroatoms. The molecular weight excluding hydrogens is 398 g/mol. The molecule has 0 saturated heterocycles. The van der Waals surface area contributed by atoms with Gasteiger partial charge in [0.2, 0.25) is 0 Å². The molecule has 0 atom stereocenters. The zero-order chi connectivity index (χ0) is 21.1. The lowest BCUT2D eigenvalue weighted by Crippen LogP contribution is -2.04. The van der Waals surface area contributed by atoms with Gasteiger partial charge in [0.1, 0.15) is 17.8 Å². The van der Waals surface area contributed by atoms with E-state index < -0.39 is 0 Å². The van der Waals surface area contributed by atoms with Gasteiger partial charge in [0.15, 0.2) is 22.1 Å². The SMILES string of the molecule is COc1ccc(OC)c(Sc2nc3c(N)ncnc3n2CCc2ccc(C)cc2)c1. The van der Waals surface area contributed by atoms with Crippen molar-refractivity contribution >= 4 is 28.7 Å².